The van der Waals surface area contributed by atoms with Gasteiger partial charge in [-0.25, -0.2) is 0 Å². The van der Waals surface area contributed by atoms with Crippen LogP contribution in [-0.4, -0.2) is 13.4 Å². The summed E-state index contributed by atoms with van der Waals surface area (Å²) in [7, 11) is -2.03. The number of hydrogen-bond donors (Lipinski definition) is 0. The Bertz CT molecular complexity index is 167. The average Bonchev–Trinajstić information content (AvgIpc) is 1.99. The quantitative estimate of drug-likeness (QED) is 0.521. The van der Waals surface area contributed by atoms with Crippen LogP contribution in [0.15, 0.2) is 24.6 Å². The van der Waals surface area contributed by atoms with Gasteiger partial charge in [-0.3, -0.25) is 0 Å². The van der Waals surface area contributed by atoms with Crippen molar-refractivity contribution < 1.29 is 0 Å². The maximum atomic E-state index is 6.16. The van der Waals surface area contributed by atoms with E-state index >= 15 is 0 Å². The zero-order chi connectivity index (χ0) is 9.83. The predicted molar refractivity (Wildman–Crippen MR) is 64.9 cm³/mol. The zero-order valence-electron chi connectivity index (χ0n) is 6.49. The molecule has 0 atom stereocenters. The van der Waals surface area contributed by atoms with Gasteiger partial charge in [-0.15, -0.1) is 46.4 Å². The Labute approximate surface area is 94.0 Å². The third-order valence-corrected chi connectivity index (χ3v) is 8.35. The van der Waals surface area contributed by atoms with Gasteiger partial charge in [0.25, 0.3) is 0 Å². The van der Waals surface area contributed by atoms with Crippen LogP contribution in [-0.2, 0) is 0 Å². The van der Waals surface area contributed by atoms with Gasteiger partial charge < -0.3 is 0 Å². The van der Waals surface area contributed by atoms with E-state index in [0.717, 1.165) is 0 Å². The number of halogens is 4. The van der Waals surface area contributed by atoms with Crippen molar-refractivity contribution in [1.29, 1.82) is 0 Å². The summed E-state index contributed by atoms with van der Waals surface area (Å²) in [5.74, 6) is 0. The monoisotopic (exact) mass is 278 g/mol. The molecule has 0 radical (unpaired) electrons. The third-order valence-electron chi connectivity index (χ3n) is 1.47. The van der Waals surface area contributed by atoms with Gasteiger partial charge in [-0.05, 0) is 12.1 Å². The summed E-state index contributed by atoms with van der Waals surface area (Å²) in [6.07, 6.45) is 0. The van der Waals surface area contributed by atoms with Crippen LogP contribution in [0.4, 0.5) is 0 Å². The first kappa shape index (κ1) is 13.1. The lowest BCUT2D eigenvalue weighted by molar-refractivity contribution is 1.39. The second kappa shape index (κ2) is 5.08. The minimum absolute atomic E-state index is 0.575. The summed E-state index contributed by atoms with van der Waals surface area (Å²) in [6.45, 7) is 7.30. The highest BCUT2D eigenvalue weighted by Crippen LogP contribution is 2.31. The lowest BCUT2D eigenvalue weighted by Gasteiger charge is -2.16. The first-order valence-electron chi connectivity index (χ1n) is 3.36. The zero-order valence-corrected chi connectivity index (χ0v) is 11.5. The summed E-state index contributed by atoms with van der Waals surface area (Å²) in [6, 6.07) is -1.24. The van der Waals surface area contributed by atoms with E-state index in [1.807, 2.05) is 0 Å². The second-order valence-electron chi connectivity index (χ2n) is 2.45. The van der Waals surface area contributed by atoms with Crippen molar-refractivity contribution in [2.24, 2.45) is 0 Å². The van der Waals surface area contributed by atoms with E-state index in [4.69, 9.17) is 44.3 Å². The molecule has 0 unspecified atom stereocenters. The molecule has 0 aromatic rings. The molecule has 0 spiro atoms. The van der Waals surface area contributed by atoms with Crippen molar-refractivity contribution in [3.05, 3.63) is 24.6 Å². The molecule has 0 aromatic carbocycles. The largest absolute Gasteiger partial charge is 0.341 e. The van der Waals surface area contributed by atoms with Crippen LogP contribution in [0.2, 0.25) is 12.1 Å². The third kappa shape index (κ3) is 5.67. The van der Waals surface area contributed by atoms with Crippen LogP contribution in [0.25, 0.3) is 0 Å². The van der Waals surface area contributed by atoms with E-state index in [1.54, 1.807) is 11.4 Å². The molecule has 70 valence electrons. The van der Waals surface area contributed by atoms with Crippen molar-refractivity contribution in [3.8, 4) is 0 Å². The highest BCUT2D eigenvalue weighted by atomic mass is 35.8. The maximum Gasteiger partial charge on any atom is 0.341 e. The standard InChI is InChI=1S/C6H10Cl4Si2/c1-3-11(7,4-2)5-6-12(8,9)10/h3-4H,1-2,5-6H2. The van der Waals surface area contributed by atoms with Crippen LogP contribution >= 0.6 is 44.3 Å². The fourth-order valence-electron chi connectivity index (χ4n) is 0.621. The van der Waals surface area contributed by atoms with E-state index in [0.29, 0.717) is 12.1 Å². The lowest BCUT2D eigenvalue weighted by Crippen LogP contribution is -2.24. The minimum atomic E-state index is -2.53. The summed E-state index contributed by atoms with van der Waals surface area (Å²) in [4.78, 5) is 0. The van der Waals surface area contributed by atoms with E-state index in [1.165, 1.54) is 0 Å². The Morgan fingerprint density at radius 3 is 1.58 bits per heavy atom. The smallest absolute Gasteiger partial charge is 0.156 e. The summed E-state index contributed by atoms with van der Waals surface area (Å²) < 4.78 is 0. The summed E-state index contributed by atoms with van der Waals surface area (Å²) in [5, 5.41) is 0. The van der Waals surface area contributed by atoms with Crippen LogP contribution in [0.1, 0.15) is 0 Å². The van der Waals surface area contributed by atoms with Crippen LogP contribution in [0.3, 0.4) is 0 Å². The molecule has 0 bridgehead atoms. The molecule has 12 heavy (non-hydrogen) atoms. The first-order chi connectivity index (χ1) is 5.33. The average molecular weight is 280 g/mol. The molecular formula is C6H10Cl4Si2. The molecular weight excluding hydrogens is 270 g/mol. The van der Waals surface area contributed by atoms with Gasteiger partial charge in [0, 0.05) is 0 Å². The van der Waals surface area contributed by atoms with E-state index in [9.17, 15) is 0 Å². The highest BCUT2D eigenvalue weighted by molar-refractivity contribution is 7.65. The first-order valence-corrected chi connectivity index (χ1v) is 12.0. The Balaban J connectivity index is 4.06. The predicted octanol–water partition coefficient (Wildman–Crippen LogP) is 4.28. The maximum absolute atomic E-state index is 6.16. The molecule has 0 heterocycles. The Kier molecular flexibility index (Phi) is 5.53. The Morgan fingerprint density at radius 2 is 1.33 bits per heavy atom. The van der Waals surface area contributed by atoms with Crippen LogP contribution in [0.5, 0.6) is 0 Å². The van der Waals surface area contributed by atoms with Gasteiger partial charge in [0.2, 0.25) is 7.38 Å². The van der Waals surface area contributed by atoms with Crippen molar-refractivity contribution in [2.45, 2.75) is 12.1 Å². The van der Waals surface area contributed by atoms with E-state index in [2.05, 4.69) is 13.2 Å². The molecule has 0 N–H and O–H groups in total. The fourth-order valence-corrected chi connectivity index (χ4v) is 7.26. The van der Waals surface area contributed by atoms with Gasteiger partial charge in [-0.1, -0.05) is 11.4 Å². The molecule has 0 amide bonds. The molecule has 0 rings (SSSR count). The van der Waals surface area contributed by atoms with Crippen LogP contribution < -0.4 is 0 Å². The van der Waals surface area contributed by atoms with Gasteiger partial charge in [-0.2, -0.15) is 11.1 Å². The number of rotatable bonds is 5. The van der Waals surface area contributed by atoms with Gasteiger partial charge in [0.05, 0.1) is 0 Å². The van der Waals surface area contributed by atoms with Gasteiger partial charge in [0.15, 0.2) is 0 Å². The van der Waals surface area contributed by atoms with E-state index in [-0.39, 0.29) is 0 Å². The van der Waals surface area contributed by atoms with Crippen molar-refractivity contribution >= 4 is 57.7 Å². The van der Waals surface area contributed by atoms with Gasteiger partial charge >= 0.3 is 6.00 Å². The second-order valence-corrected chi connectivity index (χ2v) is 17.0. The van der Waals surface area contributed by atoms with E-state index < -0.39 is 13.4 Å². The molecule has 0 aromatic heterocycles. The number of hydrogen-bond acceptors (Lipinski definition) is 0. The fraction of sp³-hybridized carbons (Fsp3) is 0.333. The van der Waals surface area contributed by atoms with Crippen molar-refractivity contribution in [1.82, 2.24) is 0 Å². The molecule has 6 heteroatoms. The molecule has 0 nitrogen and oxygen atoms in total. The summed E-state index contributed by atoms with van der Waals surface area (Å²) in [5.41, 5.74) is 3.48. The lowest BCUT2D eigenvalue weighted by atomic mass is 10.9. The molecule has 0 aliphatic carbocycles. The van der Waals surface area contributed by atoms with Crippen molar-refractivity contribution in [3.63, 3.8) is 0 Å². The Morgan fingerprint density at radius 1 is 0.917 bits per heavy atom. The normalized spacial score (nSPS) is 12.7. The molecule has 0 aliphatic heterocycles. The molecule has 0 fully saturated rings. The summed E-state index contributed by atoms with van der Waals surface area (Å²) >= 11 is 23.3. The van der Waals surface area contributed by atoms with Crippen molar-refractivity contribution in [2.75, 3.05) is 0 Å². The Hall–Kier alpha value is 1.07. The molecule has 0 saturated carbocycles. The van der Waals surface area contributed by atoms with Gasteiger partial charge in [0.1, 0.15) is 0 Å². The highest BCUT2D eigenvalue weighted by Gasteiger charge is 2.31. The molecule has 0 saturated heterocycles. The topological polar surface area (TPSA) is 0 Å². The van der Waals surface area contributed by atoms with Crippen LogP contribution in [0, 0.1) is 0 Å². The SMILES string of the molecule is C=C[Si](Cl)(C=C)CC[Si](Cl)(Cl)Cl. The molecule has 0 aliphatic rings. The minimum Gasteiger partial charge on any atom is -0.156 e.